The van der Waals surface area contributed by atoms with Crippen LogP contribution in [0.25, 0.3) is 0 Å². The first-order valence-electron chi connectivity index (χ1n) is 6.25. The average molecular weight is 270 g/mol. The van der Waals surface area contributed by atoms with Crippen molar-refractivity contribution in [1.82, 2.24) is 5.32 Å². The summed E-state index contributed by atoms with van der Waals surface area (Å²) in [4.78, 5) is 12.0. The van der Waals surface area contributed by atoms with E-state index in [1.165, 1.54) is 0 Å². The van der Waals surface area contributed by atoms with Gasteiger partial charge in [0.25, 0.3) is 5.91 Å². The predicted octanol–water partition coefficient (Wildman–Crippen LogP) is 2.46. The Morgan fingerprint density at radius 3 is 2.53 bits per heavy atom. The summed E-state index contributed by atoms with van der Waals surface area (Å²) in [6, 6.07) is 2.88. The van der Waals surface area contributed by atoms with Crippen LogP contribution in [0.2, 0.25) is 0 Å². The van der Waals surface area contributed by atoms with Gasteiger partial charge in [0.05, 0.1) is 5.56 Å². The van der Waals surface area contributed by atoms with Crippen molar-refractivity contribution in [3.8, 4) is 0 Å². The van der Waals surface area contributed by atoms with Crippen LogP contribution in [0.5, 0.6) is 0 Å². The lowest BCUT2D eigenvalue weighted by molar-refractivity contribution is 0.0894. The second kappa shape index (κ2) is 6.10. The third-order valence-electron chi connectivity index (χ3n) is 2.90. The molecule has 1 unspecified atom stereocenters. The first-order chi connectivity index (χ1) is 8.77. The van der Waals surface area contributed by atoms with Crippen molar-refractivity contribution in [2.45, 2.75) is 32.7 Å². The van der Waals surface area contributed by atoms with Gasteiger partial charge in [-0.2, -0.15) is 0 Å². The highest BCUT2D eigenvalue weighted by atomic mass is 19.1. The zero-order valence-electron chi connectivity index (χ0n) is 11.5. The van der Waals surface area contributed by atoms with Gasteiger partial charge in [0, 0.05) is 18.2 Å². The van der Waals surface area contributed by atoms with Gasteiger partial charge in [-0.05, 0) is 31.4 Å². The first kappa shape index (κ1) is 15.6. The first-order valence-corrected chi connectivity index (χ1v) is 6.25. The molecule has 0 fully saturated rings. The van der Waals surface area contributed by atoms with E-state index in [2.05, 4.69) is 5.32 Å². The van der Waals surface area contributed by atoms with Crippen LogP contribution >= 0.6 is 0 Å². The summed E-state index contributed by atoms with van der Waals surface area (Å²) >= 11 is 0. The number of hydrogen-bond donors (Lipinski definition) is 2. The standard InChI is InChI=1S/C14H20F2N2O/c1-9(2)7-14(3,8-17)18-13(19)11-5-4-10(15)6-12(11)16/h4-6,9H,7-8,17H2,1-3H3,(H,18,19). The van der Waals surface area contributed by atoms with Gasteiger partial charge in [-0.15, -0.1) is 0 Å². The highest BCUT2D eigenvalue weighted by Gasteiger charge is 2.27. The summed E-state index contributed by atoms with van der Waals surface area (Å²) in [5.74, 6) is -1.82. The van der Waals surface area contributed by atoms with Crippen LogP contribution < -0.4 is 11.1 Å². The van der Waals surface area contributed by atoms with E-state index >= 15 is 0 Å². The molecule has 0 aliphatic heterocycles. The minimum atomic E-state index is -0.874. The van der Waals surface area contributed by atoms with Gasteiger partial charge in [0.15, 0.2) is 0 Å². The lowest BCUT2D eigenvalue weighted by Crippen LogP contribution is -2.52. The molecule has 0 radical (unpaired) electrons. The van der Waals surface area contributed by atoms with Crippen LogP contribution in [0.4, 0.5) is 8.78 Å². The van der Waals surface area contributed by atoms with Crippen LogP contribution in [0.3, 0.4) is 0 Å². The molecule has 0 aliphatic carbocycles. The van der Waals surface area contributed by atoms with E-state index in [0.29, 0.717) is 18.4 Å². The molecule has 0 spiro atoms. The highest BCUT2D eigenvalue weighted by Crippen LogP contribution is 2.17. The van der Waals surface area contributed by atoms with Crippen molar-refractivity contribution >= 4 is 5.91 Å². The van der Waals surface area contributed by atoms with Crippen molar-refractivity contribution in [1.29, 1.82) is 0 Å². The van der Waals surface area contributed by atoms with E-state index in [-0.39, 0.29) is 12.1 Å². The Morgan fingerprint density at radius 2 is 2.05 bits per heavy atom. The Morgan fingerprint density at radius 1 is 1.42 bits per heavy atom. The molecule has 106 valence electrons. The number of nitrogens with one attached hydrogen (secondary N) is 1. The lowest BCUT2D eigenvalue weighted by atomic mass is 9.90. The monoisotopic (exact) mass is 270 g/mol. The van der Waals surface area contributed by atoms with Crippen molar-refractivity contribution < 1.29 is 13.6 Å². The minimum absolute atomic E-state index is 0.176. The fourth-order valence-corrected chi connectivity index (χ4v) is 2.10. The van der Waals surface area contributed by atoms with Crippen LogP contribution in [0.1, 0.15) is 37.6 Å². The molecular weight excluding hydrogens is 250 g/mol. The van der Waals surface area contributed by atoms with Crippen LogP contribution in [0, 0.1) is 17.6 Å². The molecule has 0 saturated carbocycles. The molecule has 0 saturated heterocycles. The predicted molar refractivity (Wildman–Crippen MR) is 70.7 cm³/mol. The fraction of sp³-hybridized carbons (Fsp3) is 0.500. The highest BCUT2D eigenvalue weighted by molar-refractivity contribution is 5.94. The Labute approximate surface area is 112 Å². The van der Waals surface area contributed by atoms with Gasteiger partial charge in [-0.3, -0.25) is 4.79 Å². The molecule has 1 aromatic carbocycles. The minimum Gasteiger partial charge on any atom is -0.346 e. The number of hydrogen-bond acceptors (Lipinski definition) is 2. The number of halogens is 2. The molecule has 19 heavy (non-hydrogen) atoms. The number of carbonyl (C=O) groups is 1. The molecule has 1 aromatic rings. The lowest BCUT2D eigenvalue weighted by Gasteiger charge is -2.31. The van der Waals surface area contributed by atoms with E-state index in [1.807, 2.05) is 20.8 Å². The van der Waals surface area contributed by atoms with Crippen LogP contribution in [-0.4, -0.2) is 18.0 Å². The Bertz CT molecular complexity index is 463. The number of amides is 1. The Balaban J connectivity index is 2.88. The van der Waals surface area contributed by atoms with Gasteiger partial charge >= 0.3 is 0 Å². The fourth-order valence-electron chi connectivity index (χ4n) is 2.10. The molecule has 0 aliphatic rings. The van der Waals surface area contributed by atoms with Gasteiger partial charge in [0.1, 0.15) is 11.6 Å². The summed E-state index contributed by atoms with van der Waals surface area (Å²) in [6.07, 6.45) is 0.679. The summed E-state index contributed by atoms with van der Waals surface area (Å²) in [7, 11) is 0. The van der Waals surface area contributed by atoms with Gasteiger partial charge in [0.2, 0.25) is 0 Å². The maximum atomic E-state index is 13.5. The van der Waals surface area contributed by atoms with Crippen molar-refractivity contribution in [3.05, 3.63) is 35.4 Å². The average Bonchev–Trinajstić information content (AvgIpc) is 2.27. The summed E-state index contributed by atoms with van der Waals surface area (Å²) in [6.45, 7) is 6.09. The van der Waals surface area contributed by atoms with Gasteiger partial charge < -0.3 is 11.1 Å². The molecule has 3 N–H and O–H groups in total. The Kier molecular flexibility index (Phi) is 5.00. The zero-order valence-corrected chi connectivity index (χ0v) is 11.5. The molecular formula is C14H20F2N2O. The third kappa shape index (κ3) is 4.28. The molecule has 1 amide bonds. The number of nitrogens with two attached hydrogens (primary N) is 1. The second-order valence-electron chi connectivity index (χ2n) is 5.44. The van der Waals surface area contributed by atoms with E-state index in [0.717, 1.165) is 12.1 Å². The van der Waals surface area contributed by atoms with E-state index in [1.54, 1.807) is 0 Å². The van der Waals surface area contributed by atoms with Crippen LogP contribution in [-0.2, 0) is 0 Å². The largest absolute Gasteiger partial charge is 0.346 e. The zero-order chi connectivity index (χ0) is 14.6. The summed E-state index contributed by atoms with van der Waals surface area (Å²) in [5, 5.41) is 2.72. The molecule has 1 atom stereocenters. The maximum Gasteiger partial charge on any atom is 0.254 e. The van der Waals surface area contributed by atoms with Crippen molar-refractivity contribution in [3.63, 3.8) is 0 Å². The quantitative estimate of drug-likeness (QED) is 0.863. The summed E-state index contributed by atoms with van der Waals surface area (Å²) < 4.78 is 26.3. The SMILES string of the molecule is CC(C)CC(C)(CN)NC(=O)c1ccc(F)cc1F. The second-order valence-corrected chi connectivity index (χ2v) is 5.44. The molecule has 3 nitrogen and oxygen atoms in total. The smallest absolute Gasteiger partial charge is 0.254 e. The van der Waals surface area contributed by atoms with E-state index < -0.39 is 23.1 Å². The van der Waals surface area contributed by atoms with E-state index in [9.17, 15) is 13.6 Å². The molecule has 1 rings (SSSR count). The molecule has 0 bridgehead atoms. The van der Waals surface area contributed by atoms with Crippen molar-refractivity contribution in [2.24, 2.45) is 11.7 Å². The number of carbonyl (C=O) groups excluding carboxylic acids is 1. The topological polar surface area (TPSA) is 55.1 Å². The van der Waals surface area contributed by atoms with Gasteiger partial charge in [-0.25, -0.2) is 8.78 Å². The molecule has 5 heteroatoms. The van der Waals surface area contributed by atoms with E-state index in [4.69, 9.17) is 5.73 Å². The van der Waals surface area contributed by atoms with Crippen molar-refractivity contribution in [2.75, 3.05) is 6.54 Å². The summed E-state index contributed by atoms with van der Waals surface area (Å²) in [5.41, 5.74) is 4.89. The normalized spacial score (nSPS) is 14.3. The van der Waals surface area contributed by atoms with Crippen LogP contribution in [0.15, 0.2) is 18.2 Å². The number of benzene rings is 1. The number of rotatable bonds is 5. The molecule has 0 heterocycles. The molecule has 0 aromatic heterocycles. The Hall–Kier alpha value is -1.49. The maximum absolute atomic E-state index is 13.5. The van der Waals surface area contributed by atoms with Gasteiger partial charge in [-0.1, -0.05) is 13.8 Å². The third-order valence-corrected chi connectivity index (χ3v) is 2.90.